The first-order valence-corrected chi connectivity index (χ1v) is 6.54. The molecule has 0 saturated heterocycles. The minimum atomic E-state index is -3.65. The zero-order valence-electron chi connectivity index (χ0n) is 9.26. The smallest absolute Gasteiger partial charge is 0.277 e. The minimum Gasteiger partial charge on any atom is -0.326 e. The second-order valence-corrected chi connectivity index (χ2v) is 4.99. The summed E-state index contributed by atoms with van der Waals surface area (Å²) in [6.07, 6.45) is 0. The molecule has 5 nitrogen and oxygen atoms in total. The van der Waals surface area contributed by atoms with Gasteiger partial charge in [0, 0.05) is 19.6 Å². The maximum atomic E-state index is 11.2. The molecule has 0 amide bonds. The van der Waals surface area contributed by atoms with E-state index in [1.807, 2.05) is 24.3 Å². The molecule has 1 rings (SSSR count). The van der Waals surface area contributed by atoms with Crippen LogP contribution in [-0.4, -0.2) is 19.3 Å². The number of hydrogen-bond donors (Lipinski definition) is 2. The van der Waals surface area contributed by atoms with Crippen LogP contribution in [0.15, 0.2) is 24.3 Å². The Morgan fingerprint density at radius 2 is 1.81 bits per heavy atom. The summed E-state index contributed by atoms with van der Waals surface area (Å²) < 4.78 is 23.7. The van der Waals surface area contributed by atoms with Crippen molar-refractivity contribution >= 4 is 10.2 Å². The molecule has 16 heavy (non-hydrogen) atoms. The van der Waals surface area contributed by atoms with Crippen LogP contribution in [0.3, 0.4) is 0 Å². The van der Waals surface area contributed by atoms with Gasteiger partial charge in [-0.1, -0.05) is 31.2 Å². The Bertz CT molecular complexity index is 445. The first-order valence-electron chi connectivity index (χ1n) is 5.03. The highest BCUT2D eigenvalue weighted by atomic mass is 32.2. The first-order chi connectivity index (χ1) is 7.49. The summed E-state index contributed by atoms with van der Waals surface area (Å²) in [5, 5.41) is 5.10. The lowest BCUT2D eigenvalue weighted by Gasteiger charge is -2.18. The Morgan fingerprint density at radius 1 is 1.25 bits per heavy atom. The van der Waals surface area contributed by atoms with Gasteiger partial charge in [0.05, 0.1) is 0 Å². The number of nitrogens with zero attached hydrogens (tertiary/aromatic N) is 1. The van der Waals surface area contributed by atoms with Crippen molar-refractivity contribution in [1.82, 2.24) is 4.31 Å². The van der Waals surface area contributed by atoms with E-state index in [0.717, 1.165) is 11.1 Å². The Morgan fingerprint density at radius 3 is 2.25 bits per heavy atom. The molecule has 0 bridgehead atoms. The molecule has 0 unspecified atom stereocenters. The van der Waals surface area contributed by atoms with E-state index >= 15 is 0 Å². The molecule has 0 aliphatic rings. The summed E-state index contributed by atoms with van der Waals surface area (Å²) in [6.45, 7) is 2.74. The van der Waals surface area contributed by atoms with Gasteiger partial charge in [-0.05, 0) is 11.1 Å². The molecular formula is C10H17N3O2S. The van der Waals surface area contributed by atoms with Gasteiger partial charge in [-0.25, -0.2) is 5.14 Å². The summed E-state index contributed by atoms with van der Waals surface area (Å²) in [7, 11) is -3.65. The average Bonchev–Trinajstić information content (AvgIpc) is 2.24. The molecule has 90 valence electrons. The number of hydrogen-bond acceptors (Lipinski definition) is 3. The maximum absolute atomic E-state index is 11.2. The molecule has 0 radical (unpaired) electrons. The predicted octanol–water partition coefficient (Wildman–Crippen LogP) is 0.171. The zero-order valence-corrected chi connectivity index (χ0v) is 10.1. The molecule has 1 aromatic carbocycles. The van der Waals surface area contributed by atoms with E-state index < -0.39 is 10.2 Å². The molecule has 4 N–H and O–H groups in total. The van der Waals surface area contributed by atoms with Gasteiger partial charge >= 0.3 is 0 Å². The zero-order chi connectivity index (χ0) is 12.2. The third kappa shape index (κ3) is 3.28. The van der Waals surface area contributed by atoms with Crippen LogP contribution in [0.25, 0.3) is 0 Å². The topological polar surface area (TPSA) is 89.4 Å². The van der Waals surface area contributed by atoms with E-state index in [-0.39, 0.29) is 6.54 Å². The summed E-state index contributed by atoms with van der Waals surface area (Å²) in [4.78, 5) is 0. The highest BCUT2D eigenvalue weighted by molar-refractivity contribution is 7.86. The number of rotatable bonds is 5. The average molecular weight is 243 g/mol. The highest BCUT2D eigenvalue weighted by Crippen LogP contribution is 2.12. The third-order valence-electron chi connectivity index (χ3n) is 2.40. The van der Waals surface area contributed by atoms with Gasteiger partial charge < -0.3 is 5.73 Å². The van der Waals surface area contributed by atoms with Crippen molar-refractivity contribution in [2.24, 2.45) is 10.9 Å². The van der Waals surface area contributed by atoms with E-state index in [9.17, 15) is 8.42 Å². The molecule has 0 heterocycles. The van der Waals surface area contributed by atoms with Crippen molar-refractivity contribution in [3.05, 3.63) is 35.4 Å². The Labute approximate surface area is 96.2 Å². The summed E-state index contributed by atoms with van der Waals surface area (Å²) >= 11 is 0. The minimum absolute atomic E-state index is 0.267. The Kier molecular flexibility index (Phi) is 4.43. The van der Waals surface area contributed by atoms with E-state index in [0.29, 0.717) is 13.1 Å². The van der Waals surface area contributed by atoms with Crippen molar-refractivity contribution in [1.29, 1.82) is 0 Å². The Balaban J connectivity index is 2.95. The fraction of sp³-hybridized carbons (Fsp3) is 0.400. The van der Waals surface area contributed by atoms with Crippen molar-refractivity contribution in [3.8, 4) is 0 Å². The summed E-state index contributed by atoms with van der Waals surface area (Å²) in [5.41, 5.74) is 7.40. The molecule has 0 aliphatic carbocycles. The van der Waals surface area contributed by atoms with E-state index in [4.69, 9.17) is 10.9 Å². The lowest BCUT2D eigenvalue weighted by molar-refractivity contribution is 0.423. The fourth-order valence-electron chi connectivity index (χ4n) is 1.48. The number of benzene rings is 1. The maximum Gasteiger partial charge on any atom is 0.277 e. The van der Waals surface area contributed by atoms with Crippen LogP contribution < -0.4 is 10.9 Å². The van der Waals surface area contributed by atoms with Crippen LogP contribution in [0.2, 0.25) is 0 Å². The second kappa shape index (κ2) is 5.40. The van der Waals surface area contributed by atoms with E-state index in [2.05, 4.69) is 0 Å². The second-order valence-electron chi connectivity index (χ2n) is 3.44. The van der Waals surface area contributed by atoms with Crippen molar-refractivity contribution < 1.29 is 8.42 Å². The van der Waals surface area contributed by atoms with Gasteiger partial charge in [0.25, 0.3) is 10.2 Å². The molecule has 0 spiro atoms. The van der Waals surface area contributed by atoms with Crippen molar-refractivity contribution in [2.75, 3.05) is 6.54 Å². The molecule has 0 aliphatic heterocycles. The predicted molar refractivity (Wildman–Crippen MR) is 63.5 cm³/mol. The molecule has 0 fully saturated rings. The molecular weight excluding hydrogens is 226 g/mol. The van der Waals surface area contributed by atoms with E-state index in [1.54, 1.807) is 6.92 Å². The van der Waals surface area contributed by atoms with Crippen LogP contribution in [0.1, 0.15) is 18.1 Å². The largest absolute Gasteiger partial charge is 0.326 e. The standard InChI is InChI=1S/C10H17N3O2S/c1-2-13(16(12,14)15)8-10-6-4-3-5-9(10)7-11/h3-6H,2,7-8,11H2,1H3,(H2,12,14,15). The third-order valence-corrected chi connectivity index (χ3v) is 3.50. The molecule has 0 aromatic heterocycles. The lowest BCUT2D eigenvalue weighted by atomic mass is 10.1. The van der Waals surface area contributed by atoms with Gasteiger partial charge in [-0.3, -0.25) is 0 Å². The van der Waals surface area contributed by atoms with Gasteiger partial charge in [-0.2, -0.15) is 12.7 Å². The fourth-order valence-corrected chi connectivity index (χ4v) is 2.16. The highest BCUT2D eigenvalue weighted by Gasteiger charge is 2.16. The molecule has 0 saturated carbocycles. The summed E-state index contributed by atoms with van der Waals surface area (Å²) in [6, 6.07) is 7.47. The number of nitrogens with two attached hydrogens (primary N) is 2. The van der Waals surface area contributed by atoms with E-state index in [1.165, 1.54) is 4.31 Å². The van der Waals surface area contributed by atoms with Gasteiger partial charge in [0.15, 0.2) is 0 Å². The normalized spacial score (nSPS) is 12.0. The Hall–Kier alpha value is -0.950. The molecule has 1 aromatic rings. The van der Waals surface area contributed by atoms with Crippen LogP contribution in [0, 0.1) is 0 Å². The van der Waals surface area contributed by atoms with Crippen LogP contribution in [-0.2, 0) is 23.3 Å². The molecule has 0 atom stereocenters. The SMILES string of the molecule is CCN(Cc1ccccc1CN)S(N)(=O)=O. The van der Waals surface area contributed by atoms with Gasteiger partial charge in [0.2, 0.25) is 0 Å². The van der Waals surface area contributed by atoms with Crippen LogP contribution in [0.5, 0.6) is 0 Å². The van der Waals surface area contributed by atoms with Gasteiger partial charge in [-0.15, -0.1) is 0 Å². The van der Waals surface area contributed by atoms with Crippen molar-refractivity contribution in [2.45, 2.75) is 20.0 Å². The van der Waals surface area contributed by atoms with Crippen molar-refractivity contribution in [3.63, 3.8) is 0 Å². The molecule has 6 heteroatoms. The first kappa shape index (κ1) is 13.1. The van der Waals surface area contributed by atoms with Crippen LogP contribution >= 0.6 is 0 Å². The van der Waals surface area contributed by atoms with Crippen LogP contribution in [0.4, 0.5) is 0 Å². The monoisotopic (exact) mass is 243 g/mol. The quantitative estimate of drug-likeness (QED) is 0.772. The van der Waals surface area contributed by atoms with Gasteiger partial charge in [0.1, 0.15) is 0 Å². The summed E-state index contributed by atoms with van der Waals surface area (Å²) in [5.74, 6) is 0. The lowest BCUT2D eigenvalue weighted by Crippen LogP contribution is -2.36.